The van der Waals surface area contributed by atoms with E-state index in [9.17, 15) is 22.8 Å². The van der Waals surface area contributed by atoms with Crippen molar-refractivity contribution >= 4 is 17.4 Å². The van der Waals surface area contributed by atoms with Crippen molar-refractivity contribution in [3.63, 3.8) is 0 Å². The van der Waals surface area contributed by atoms with E-state index in [4.69, 9.17) is 0 Å². The van der Waals surface area contributed by atoms with Crippen LogP contribution in [0.3, 0.4) is 0 Å². The van der Waals surface area contributed by atoms with Crippen LogP contribution in [0.25, 0.3) is 11.1 Å². The molecule has 2 aliphatic heterocycles. The largest absolute Gasteiger partial charge is 0.348 e. The fourth-order valence-electron chi connectivity index (χ4n) is 4.65. The molecule has 0 radical (unpaired) electrons. The Morgan fingerprint density at radius 3 is 2.36 bits per heavy atom. The van der Waals surface area contributed by atoms with Gasteiger partial charge in [0.15, 0.2) is 11.6 Å². The van der Waals surface area contributed by atoms with Crippen molar-refractivity contribution in [3.8, 4) is 11.1 Å². The summed E-state index contributed by atoms with van der Waals surface area (Å²) in [5.74, 6) is -5.10. The van der Waals surface area contributed by atoms with Crippen molar-refractivity contribution in [2.45, 2.75) is 32.7 Å². The molecule has 182 valence electrons. The lowest BCUT2D eigenvalue weighted by atomic mass is 9.90. The third kappa shape index (κ3) is 4.23. The minimum Gasteiger partial charge on any atom is -0.348 e. The number of halogens is 4. The molecule has 0 unspecified atom stereocenters. The maximum Gasteiger partial charge on any atom is 0.252 e. The van der Waals surface area contributed by atoms with Crippen molar-refractivity contribution < 1.29 is 27.2 Å². The SMILES string of the molecule is CC1=CN=C(c2ccc(-c3ccc(CC(=O)Cc4c(F)ccc(F)c4F)cc3F)c3c2C(=O)NC3)C1. The maximum absolute atomic E-state index is 15.2. The number of rotatable bonds is 6. The fourth-order valence-corrected chi connectivity index (χ4v) is 4.65. The molecule has 3 aromatic carbocycles. The normalized spacial score (nSPS) is 14.4. The lowest BCUT2D eigenvalue weighted by Crippen LogP contribution is -2.15. The van der Waals surface area contributed by atoms with Gasteiger partial charge in [0, 0.05) is 48.7 Å². The summed E-state index contributed by atoms with van der Waals surface area (Å²) in [4.78, 5) is 29.4. The highest BCUT2D eigenvalue weighted by Gasteiger charge is 2.29. The Morgan fingerprint density at radius 1 is 0.917 bits per heavy atom. The molecule has 0 atom stereocenters. The number of benzene rings is 3. The predicted molar refractivity (Wildman–Crippen MR) is 127 cm³/mol. The summed E-state index contributed by atoms with van der Waals surface area (Å²) in [7, 11) is 0. The highest BCUT2D eigenvalue weighted by Crippen LogP contribution is 2.35. The standard InChI is InChI=1S/C28H20F4N2O2/c1-14-8-25(33-12-14)19-5-4-17(21-13-34-28(36)26(19)21)18-3-2-15(10-24(18)31)9-16(35)11-20-22(29)6-7-23(30)27(20)32/h2-7,10,12H,8-9,11,13H2,1H3,(H,34,36). The van der Waals surface area contributed by atoms with Gasteiger partial charge in [0.1, 0.15) is 17.4 Å². The molecule has 0 bridgehead atoms. The minimum absolute atomic E-state index is 0.242. The summed E-state index contributed by atoms with van der Waals surface area (Å²) in [6.45, 7) is 2.21. The number of fused-ring (bicyclic) bond motifs is 1. The van der Waals surface area contributed by atoms with E-state index >= 15 is 4.39 Å². The van der Waals surface area contributed by atoms with Gasteiger partial charge in [0.25, 0.3) is 5.91 Å². The van der Waals surface area contributed by atoms with Gasteiger partial charge in [-0.1, -0.05) is 24.3 Å². The lowest BCUT2D eigenvalue weighted by Gasteiger charge is -2.13. The predicted octanol–water partition coefficient (Wildman–Crippen LogP) is 5.60. The fraction of sp³-hybridized carbons (Fsp3) is 0.179. The Morgan fingerprint density at radius 2 is 1.64 bits per heavy atom. The number of nitrogens with zero attached hydrogens (tertiary/aromatic N) is 1. The molecule has 36 heavy (non-hydrogen) atoms. The molecule has 8 heteroatoms. The molecule has 2 heterocycles. The van der Waals surface area contributed by atoms with Crippen LogP contribution in [-0.4, -0.2) is 17.4 Å². The third-order valence-corrected chi connectivity index (χ3v) is 6.40. The second-order valence-corrected chi connectivity index (χ2v) is 8.95. The van der Waals surface area contributed by atoms with Crippen molar-refractivity contribution in [1.82, 2.24) is 5.32 Å². The van der Waals surface area contributed by atoms with Gasteiger partial charge < -0.3 is 5.32 Å². The number of allylic oxidation sites excluding steroid dienone is 1. The van der Waals surface area contributed by atoms with E-state index in [0.717, 1.165) is 22.9 Å². The maximum atomic E-state index is 15.2. The number of carbonyl (C=O) groups is 2. The Balaban J connectivity index is 1.41. The molecule has 5 rings (SSSR count). The lowest BCUT2D eigenvalue weighted by molar-refractivity contribution is -0.117. The van der Waals surface area contributed by atoms with Gasteiger partial charge in [0.05, 0.1) is 11.3 Å². The first-order valence-electron chi connectivity index (χ1n) is 11.3. The Bertz CT molecular complexity index is 1510. The smallest absolute Gasteiger partial charge is 0.252 e. The van der Waals surface area contributed by atoms with Crippen LogP contribution in [0.15, 0.2) is 59.2 Å². The summed E-state index contributed by atoms with van der Waals surface area (Å²) in [5.41, 5.74) is 4.20. The second kappa shape index (κ2) is 9.18. The minimum atomic E-state index is -1.40. The summed E-state index contributed by atoms with van der Waals surface area (Å²) in [6.07, 6.45) is 1.47. The number of carbonyl (C=O) groups excluding carboxylic acids is 2. The van der Waals surface area contributed by atoms with Gasteiger partial charge in [-0.05, 0) is 47.4 Å². The Hall–Kier alpha value is -4.07. The molecular weight excluding hydrogens is 472 g/mol. The van der Waals surface area contributed by atoms with Gasteiger partial charge in [0.2, 0.25) is 0 Å². The summed E-state index contributed by atoms with van der Waals surface area (Å²) in [5, 5.41) is 2.80. The molecule has 2 aliphatic rings. The molecule has 3 aromatic rings. The van der Waals surface area contributed by atoms with Gasteiger partial charge >= 0.3 is 0 Å². The first kappa shape index (κ1) is 23.7. The molecule has 0 spiro atoms. The van der Waals surface area contributed by atoms with Gasteiger partial charge in [-0.15, -0.1) is 0 Å². The molecule has 0 saturated heterocycles. The van der Waals surface area contributed by atoms with Crippen LogP contribution < -0.4 is 5.32 Å². The summed E-state index contributed by atoms with van der Waals surface area (Å²) >= 11 is 0. The molecular formula is C28H20F4N2O2. The molecule has 0 aliphatic carbocycles. The zero-order valence-electron chi connectivity index (χ0n) is 19.2. The van der Waals surface area contributed by atoms with Crippen LogP contribution in [-0.2, 0) is 24.2 Å². The molecule has 1 amide bonds. The monoisotopic (exact) mass is 492 g/mol. The van der Waals surface area contributed by atoms with Crippen LogP contribution in [0, 0.1) is 23.3 Å². The number of ketones is 1. The highest BCUT2D eigenvalue weighted by molar-refractivity contribution is 6.14. The van der Waals surface area contributed by atoms with E-state index in [1.165, 1.54) is 12.1 Å². The van der Waals surface area contributed by atoms with E-state index in [1.807, 2.05) is 6.92 Å². The van der Waals surface area contributed by atoms with E-state index < -0.39 is 41.0 Å². The average molecular weight is 492 g/mol. The summed E-state index contributed by atoms with van der Waals surface area (Å²) in [6, 6.07) is 9.18. The average Bonchev–Trinajstić information content (AvgIpc) is 3.45. The van der Waals surface area contributed by atoms with Crippen LogP contribution in [0.5, 0.6) is 0 Å². The Kier molecular flexibility index (Phi) is 6.04. The number of hydrogen-bond acceptors (Lipinski definition) is 3. The van der Waals surface area contributed by atoms with Crippen LogP contribution >= 0.6 is 0 Å². The van der Waals surface area contributed by atoms with Crippen LogP contribution in [0.2, 0.25) is 0 Å². The number of Topliss-reactive ketones (excluding diaryl/α,β-unsaturated/α-hetero) is 1. The first-order chi connectivity index (χ1) is 17.2. The van der Waals surface area contributed by atoms with Crippen molar-refractivity contribution in [1.29, 1.82) is 0 Å². The van der Waals surface area contributed by atoms with E-state index in [1.54, 1.807) is 24.4 Å². The first-order valence-corrected chi connectivity index (χ1v) is 11.3. The topological polar surface area (TPSA) is 58.5 Å². The van der Waals surface area contributed by atoms with Gasteiger partial charge in [-0.25, -0.2) is 17.6 Å². The van der Waals surface area contributed by atoms with Gasteiger partial charge in [-0.3, -0.25) is 14.6 Å². The van der Waals surface area contributed by atoms with E-state index in [-0.39, 0.29) is 24.4 Å². The number of hydrogen-bond donors (Lipinski definition) is 1. The molecule has 0 fully saturated rings. The van der Waals surface area contributed by atoms with Crippen molar-refractivity contribution in [2.24, 2.45) is 4.99 Å². The number of amides is 1. The Labute approximate surface area is 204 Å². The quantitative estimate of drug-likeness (QED) is 0.360. The molecule has 0 aromatic heterocycles. The van der Waals surface area contributed by atoms with Crippen LogP contribution in [0.1, 0.15) is 46.0 Å². The third-order valence-electron chi connectivity index (χ3n) is 6.40. The van der Waals surface area contributed by atoms with Crippen molar-refractivity contribution in [2.75, 3.05) is 0 Å². The molecule has 4 nitrogen and oxygen atoms in total. The molecule has 1 N–H and O–H groups in total. The van der Waals surface area contributed by atoms with Crippen LogP contribution in [0.4, 0.5) is 17.6 Å². The van der Waals surface area contributed by atoms with E-state index in [0.29, 0.717) is 34.7 Å². The zero-order valence-corrected chi connectivity index (χ0v) is 19.2. The van der Waals surface area contributed by atoms with Crippen molar-refractivity contribution in [3.05, 3.63) is 105 Å². The number of aliphatic imine (C=N–C) groups is 1. The summed E-state index contributed by atoms with van der Waals surface area (Å²) < 4.78 is 56.3. The second-order valence-electron chi connectivity index (χ2n) is 8.95. The number of nitrogens with one attached hydrogen (secondary N) is 1. The van der Waals surface area contributed by atoms with Gasteiger partial charge in [-0.2, -0.15) is 0 Å². The van der Waals surface area contributed by atoms with E-state index in [2.05, 4.69) is 10.3 Å². The molecule has 0 saturated carbocycles. The highest BCUT2D eigenvalue weighted by atomic mass is 19.2. The zero-order chi connectivity index (χ0) is 25.6.